The molecule has 64 valence electrons. The summed E-state index contributed by atoms with van der Waals surface area (Å²) in [6, 6.07) is -0.0382. The summed E-state index contributed by atoms with van der Waals surface area (Å²) < 4.78 is 0. The standard InChI is InChI=1S/C9H17NO/c1-2-3-4-8(10)9(11)7-5-6-7/h5,8-9,11H,2-4,6,10H2,1H3/t8-,9?/m0/s1. The third-order valence-corrected chi connectivity index (χ3v) is 2.12. The summed E-state index contributed by atoms with van der Waals surface area (Å²) >= 11 is 0. The van der Waals surface area contributed by atoms with Crippen LogP contribution < -0.4 is 5.73 Å². The van der Waals surface area contributed by atoms with Gasteiger partial charge in [0.15, 0.2) is 0 Å². The lowest BCUT2D eigenvalue weighted by Crippen LogP contribution is -2.34. The van der Waals surface area contributed by atoms with Crippen LogP contribution in [-0.4, -0.2) is 17.3 Å². The van der Waals surface area contributed by atoms with E-state index in [2.05, 4.69) is 6.92 Å². The fourth-order valence-electron chi connectivity index (χ4n) is 1.17. The Labute approximate surface area is 68.1 Å². The molecular weight excluding hydrogens is 138 g/mol. The number of aliphatic hydroxyl groups is 1. The molecule has 1 aliphatic rings. The van der Waals surface area contributed by atoms with Gasteiger partial charge in [0.25, 0.3) is 0 Å². The fraction of sp³-hybridized carbons (Fsp3) is 0.778. The lowest BCUT2D eigenvalue weighted by atomic mass is 10.0. The highest BCUT2D eigenvalue weighted by atomic mass is 16.3. The van der Waals surface area contributed by atoms with Gasteiger partial charge in [0, 0.05) is 6.04 Å². The summed E-state index contributed by atoms with van der Waals surface area (Å²) in [5.41, 5.74) is 6.89. The monoisotopic (exact) mass is 155 g/mol. The Hall–Kier alpha value is -0.340. The zero-order chi connectivity index (χ0) is 8.27. The van der Waals surface area contributed by atoms with Crippen LogP contribution in [0.25, 0.3) is 0 Å². The first-order chi connectivity index (χ1) is 5.25. The minimum absolute atomic E-state index is 0.0382. The van der Waals surface area contributed by atoms with Crippen molar-refractivity contribution in [1.82, 2.24) is 0 Å². The Morgan fingerprint density at radius 2 is 2.36 bits per heavy atom. The van der Waals surface area contributed by atoms with Gasteiger partial charge >= 0.3 is 0 Å². The van der Waals surface area contributed by atoms with Crippen LogP contribution in [0.4, 0.5) is 0 Å². The molecule has 0 heterocycles. The van der Waals surface area contributed by atoms with Crippen LogP contribution in [0.1, 0.15) is 32.6 Å². The van der Waals surface area contributed by atoms with Crippen molar-refractivity contribution in [3.8, 4) is 0 Å². The quantitative estimate of drug-likeness (QED) is 0.586. The number of nitrogens with two attached hydrogens (primary N) is 1. The topological polar surface area (TPSA) is 46.2 Å². The molecule has 0 aromatic carbocycles. The van der Waals surface area contributed by atoms with Crippen molar-refractivity contribution in [2.45, 2.75) is 44.8 Å². The van der Waals surface area contributed by atoms with Gasteiger partial charge in [0.05, 0.1) is 6.10 Å². The molecule has 0 radical (unpaired) electrons. The van der Waals surface area contributed by atoms with Crippen LogP contribution in [0.5, 0.6) is 0 Å². The first-order valence-electron chi connectivity index (χ1n) is 4.38. The van der Waals surface area contributed by atoms with E-state index in [0.717, 1.165) is 31.3 Å². The van der Waals surface area contributed by atoms with Gasteiger partial charge in [-0.25, -0.2) is 0 Å². The average molecular weight is 155 g/mol. The molecule has 1 rings (SSSR count). The summed E-state index contributed by atoms with van der Waals surface area (Å²) in [5.74, 6) is 0. The van der Waals surface area contributed by atoms with Crippen molar-refractivity contribution in [2.24, 2.45) is 5.73 Å². The van der Waals surface area contributed by atoms with Crippen LogP contribution >= 0.6 is 0 Å². The average Bonchev–Trinajstić information content (AvgIpc) is 2.81. The van der Waals surface area contributed by atoms with Crippen LogP contribution in [0, 0.1) is 0 Å². The van der Waals surface area contributed by atoms with Crippen LogP contribution in [0.3, 0.4) is 0 Å². The maximum Gasteiger partial charge on any atom is 0.0904 e. The molecule has 2 heteroatoms. The fourth-order valence-corrected chi connectivity index (χ4v) is 1.17. The number of aliphatic hydroxyl groups excluding tert-OH is 1. The predicted octanol–water partition coefficient (Wildman–Crippen LogP) is 1.19. The van der Waals surface area contributed by atoms with Crippen LogP contribution in [0.2, 0.25) is 0 Å². The minimum atomic E-state index is -0.360. The molecule has 0 saturated heterocycles. The molecule has 2 nitrogen and oxygen atoms in total. The molecule has 3 N–H and O–H groups in total. The predicted molar refractivity (Wildman–Crippen MR) is 46.2 cm³/mol. The van der Waals surface area contributed by atoms with Crippen LogP contribution in [0.15, 0.2) is 11.6 Å². The van der Waals surface area contributed by atoms with E-state index in [-0.39, 0.29) is 12.1 Å². The zero-order valence-corrected chi connectivity index (χ0v) is 7.09. The summed E-state index contributed by atoms with van der Waals surface area (Å²) in [7, 11) is 0. The Bertz CT molecular complexity index is 154. The Balaban J connectivity index is 2.16. The van der Waals surface area contributed by atoms with Gasteiger partial charge in [0.2, 0.25) is 0 Å². The lowest BCUT2D eigenvalue weighted by Gasteiger charge is -2.15. The van der Waals surface area contributed by atoms with Crippen molar-refractivity contribution in [1.29, 1.82) is 0 Å². The number of rotatable bonds is 5. The van der Waals surface area contributed by atoms with E-state index < -0.39 is 0 Å². The minimum Gasteiger partial charge on any atom is -0.387 e. The van der Waals surface area contributed by atoms with Gasteiger partial charge in [-0.2, -0.15) is 0 Å². The molecule has 0 aliphatic heterocycles. The number of allylic oxidation sites excluding steroid dienone is 1. The van der Waals surface area contributed by atoms with Crippen LogP contribution in [-0.2, 0) is 0 Å². The summed E-state index contributed by atoms with van der Waals surface area (Å²) in [6.45, 7) is 2.13. The first kappa shape index (κ1) is 8.75. The molecule has 0 aromatic heterocycles. The Morgan fingerprint density at radius 1 is 1.73 bits per heavy atom. The molecule has 0 bridgehead atoms. The molecular formula is C9H17NO. The molecule has 1 unspecified atom stereocenters. The summed E-state index contributed by atoms with van der Waals surface area (Å²) in [4.78, 5) is 0. The normalized spacial score (nSPS) is 20.8. The highest BCUT2D eigenvalue weighted by molar-refractivity contribution is 5.27. The highest BCUT2D eigenvalue weighted by Gasteiger charge is 2.23. The molecule has 0 fully saturated rings. The molecule has 11 heavy (non-hydrogen) atoms. The van der Waals surface area contributed by atoms with E-state index in [1.165, 1.54) is 0 Å². The molecule has 0 aromatic rings. The van der Waals surface area contributed by atoms with E-state index in [1.54, 1.807) is 0 Å². The third kappa shape index (κ3) is 2.64. The first-order valence-corrected chi connectivity index (χ1v) is 4.38. The molecule has 0 saturated carbocycles. The van der Waals surface area contributed by atoms with E-state index in [1.807, 2.05) is 6.08 Å². The smallest absolute Gasteiger partial charge is 0.0904 e. The number of hydrogen-bond acceptors (Lipinski definition) is 2. The second kappa shape index (κ2) is 3.88. The molecule has 2 atom stereocenters. The van der Waals surface area contributed by atoms with Crippen molar-refractivity contribution < 1.29 is 5.11 Å². The Morgan fingerprint density at radius 3 is 2.82 bits per heavy atom. The van der Waals surface area contributed by atoms with E-state index in [0.29, 0.717) is 0 Å². The van der Waals surface area contributed by atoms with Crippen molar-refractivity contribution >= 4 is 0 Å². The highest BCUT2D eigenvalue weighted by Crippen LogP contribution is 2.25. The van der Waals surface area contributed by atoms with E-state index in [4.69, 9.17) is 5.73 Å². The Kier molecular flexibility index (Phi) is 3.09. The van der Waals surface area contributed by atoms with Gasteiger partial charge in [-0.05, 0) is 18.4 Å². The summed E-state index contributed by atoms with van der Waals surface area (Å²) in [5, 5.41) is 9.49. The second-order valence-electron chi connectivity index (χ2n) is 3.23. The number of unbranched alkanes of at least 4 members (excludes halogenated alkanes) is 1. The van der Waals surface area contributed by atoms with Gasteiger partial charge in [-0.3, -0.25) is 0 Å². The summed E-state index contributed by atoms with van der Waals surface area (Å²) in [6.07, 6.45) is 5.86. The molecule has 0 amide bonds. The van der Waals surface area contributed by atoms with Gasteiger partial charge in [0.1, 0.15) is 0 Å². The lowest BCUT2D eigenvalue weighted by molar-refractivity contribution is 0.177. The zero-order valence-electron chi connectivity index (χ0n) is 7.09. The van der Waals surface area contributed by atoms with Crippen molar-refractivity contribution in [2.75, 3.05) is 0 Å². The SMILES string of the molecule is CCCC[C@H](N)C(O)C1=CC1. The molecule has 0 spiro atoms. The van der Waals surface area contributed by atoms with Gasteiger partial charge < -0.3 is 10.8 Å². The van der Waals surface area contributed by atoms with Gasteiger partial charge in [-0.15, -0.1) is 0 Å². The third-order valence-electron chi connectivity index (χ3n) is 2.12. The maximum absolute atomic E-state index is 9.49. The van der Waals surface area contributed by atoms with E-state index >= 15 is 0 Å². The molecule has 1 aliphatic carbocycles. The van der Waals surface area contributed by atoms with Crippen molar-refractivity contribution in [3.05, 3.63) is 11.6 Å². The van der Waals surface area contributed by atoms with Gasteiger partial charge in [-0.1, -0.05) is 25.8 Å². The van der Waals surface area contributed by atoms with Crippen molar-refractivity contribution in [3.63, 3.8) is 0 Å². The number of hydrogen-bond donors (Lipinski definition) is 2. The second-order valence-corrected chi connectivity index (χ2v) is 3.23. The maximum atomic E-state index is 9.49. The largest absolute Gasteiger partial charge is 0.387 e. The van der Waals surface area contributed by atoms with E-state index in [9.17, 15) is 5.11 Å².